The maximum atomic E-state index is 13.8. The Labute approximate surface area is 368 Å². The lowest BCUT2D eigenvalue weighted by Crippen LogP contribution is -2.47. The van der Waals surface area contributed by atoms with Gasteiger partial charge in [0.15, 0.2) is 5.78 Å². The number of carbonyl (C=O) groups is 6. The summed E-state index contributed by atoms with van der Waals surface area (Å²) in [5, 5.41) is 5.69. The van der Waals surface area contributed by atoms with Crippen LogP contribution in [0, 0.1) is 17.8 Å². The molecule has 2 amide bonds. The summed E-state index contributed by atoms with van der Waals surface area (Å²) < 4.78 is 22.7. The molecule has 0 aromatic heterocycles. The van der Waals surface area contributed by atoms with E-state index < -0.39 is 47.3 Å². The molecule has 0 aliphatic rings. The standard InChI is InChI=1S/C50H68N2O10/c1-35(2)44(53)30-36(3)47(56)51-42(22-14-16-28-59-29-17-15-23-46(55)62-50(5,6)7)45(54)31-37(4)48(57)52-43(49(58)61-34-40-20-12-9-13-21-40)32-38-24-26-41(27-25-38)60-33-39-18-10-8-11-19-39/h8-13,18-21,24-27,35-37,42-43H,14-17,22-23,28-34H2,1-7H3,(H,51,56)(H,52,57)/t36-,37-,42+,43+/m1/s1. The van der Waals surface area contributed by atoms with Gasteiger partial charge in [0, 0.05) is 56.7 Å². The zero-order chi connectivity index (χ0) is 45.5. The van der Waals surface area contributed by atoms with Crippen molar-refractivity contribution in [1.29, 1.82) is 0 Å². The maximum absolute atomic E-state index is 13.8. The second-order valence-electron chi connectivity index (χ2n) is 17.3. The van der Waals surface area contributed by atoms with Gasteiger partial charge in [-0.2, -0.15) is 0 Å². The van der Waals surface area contributed by atoms with Crippen LogP contribution in [-0.4, -0.2) is 66.2 Å². The van der Waals surface area contributed by atoms with Crippen LogP contribution in [0.15, 0.2) is 84.9 Å². The Hall–Kier alpha value is -5.36. The van der Waals surface area contributed by atoms with E-state index >= 15 is 0 Å². The van der Waals surface area contributed by atoms with Crippen LogP contribution in [0.3, 0.4) is 0 Å². The molecular formula is C50H68N2O10. The Morgan fingerprint density at radius 3 is 1.69 bits per heavy atom. The number of nitrogens with one attached hydrogen (secondary N) is 2. The number of ether oxygens (including phenoxy) is 4. The minimum atomic E-state index is -1.05. The van der Waals surface area contributed by atoms with Crippen molar-refractivity contribution in [2.24, 2.45) is 17.8 Å². The van der Waals surface area contributed by atoms with Crippen LogP contribution < -0.4 is 15.4 Å². The van der Waals surface area contributed by atoms with E-state index in [1.807, 2.05) is 106 Å². The lowest BCUT2D eigenvalue weighted by Gasteiger charge is -2.23. The lowest BCUT2D eigenvalue weighted by molar-refractivity contribution is -0.155. The molecule has 12 nitrogen and oxygen atoms in total. The van der Waals surface area contributed by atoms with Gasteiger partial charge in [-0.25, -0.2) is 4.79 Å². The smallest absolute Gasteiger partial charge is 0.329 e. The first-order valence-electron chi connectivity index (χ1n) is 21.9. The number of benzene rings is 3. The molecule has 3 aromatic rings. The predicted octanol–water partition coefficient (Wildman–Crippen LogP) is 8.07. The Balaban J connectivity index is 1.62. The highest BCUT2D eigenvalue weighted by molar-refractivity contribution is 5.94. The van der Waals surface area contributed by atoms with E-state index in [9.17, 15) is 28.8 Å². The molecule has 4 atom stereocenters. The predicted molar refractivity (Wildman–Crippen MR) is 238 cm³/mol. The Morgan fingerprint density at radius 2 is 1.13 bits per heavy atom. The summed E-state index contributed by atoms with van der Waals surface area (Å²) in [7, 11) is 0. The van der Waals surface area contributed by atoms with Crippen LogP contribution in [-0.2, 0) is 62.6 Å². The molecule has 62 heavy (non-hydrogen) atoms. The number of rotatable bonds is 28. The number of carbonyl (C=O) groups excluding carboxylic acids is 6. The molecule has 0 heterocycles. The van der Waals surface area contributed by atoms with Crippen LogP contribution >= 0.6 is 0 Å². The highest BCUT2D eigenvalue weighted by Crippen LogP contribution is 2.18. The van der Waals surface area contributed by atoms with E-state index in [-0.39, 0.29) is 49.3 Å². The fourth-order valence-electron chi connectivity index (χ4n) is 6.35. The highest BCUT2D eigenvalue weighted by Gasteiger charge is 2.30. The van der Waals surface area contributed by atoms with Gasteiger partial charge in [-0.1, -0.05) is 100 Å². The molecule has 0 saturated carbocycles. The van der Waals surface area contributed by atoms with Gasteiger partial charge in [-0.15, -0.1) is 0 Å². The molecule has 12 heteroatoms. The molecule has 0 aliphatic heterocycles. The minimum absolute atomic E-state index is 0.0219. The van der Waals surface area contributed by atoms with Crippen LogP contribution in [0.1, 0.15) is 117 Å². The molecule has 0 unspecified atom stereocenters. The fraction of sp³-hybridized carbons (Fsp3) is 0.520. The quantitative estimate of drug-likeness (QED) is 0.0540. The SMILES string of the molecule is CC(C)C(=O)C[C@@H](C)C(=O)N[C@@H](CCCCOCCCCC(=O)OC(C)(C)C)C(=O)C[C@@H](C)C(=O)N[C@@H](Cc1ccc(OCc2ccccc2)cc1)C(=O)OCc1ccccc1. The Morgan fingerprint density at radius 1 is 0.597 bits per heavy atom. The van der Waals surface area contributed by atoms with Gasteiger partial charge < -0.3 is 29.6 Å². The number of hydrogen-bond donors (Lipinski definition) is 2. The van der Waals surface area contributed by atoms with E-state index in [1.165, 1.54) is 0 Å². The normalized spacial score (nSPS) is 13.3. The zero-order valence-electron chi connectivity index (χ0n) is 37.7. The molecule has 0 fully saturated rings. The second-order valence-corrected chi connectivity index (χ2v) is 17.3. The number of ketones is 2. The van der Waals surface area contributed by atoms with Crippen molar-refractivity contribution in [2.75, 3.05) is 13.2 Å². The minimum Gasteiger partial charge on any atom is -0.489 e. The summed E-state index contributed by atoms with van der Waals surface area (Å²) in [4.78, 5) is 78.7. The van der Waals surface area contributed by atoms with Crippen molar-refractivity contribution < 1.29 is 47.7 Å². The van der Waals surface area contributed by atoms with Gasteiger partial charge in [0.2, 0.25) is 11.8 Å². The molecule has 3 aromatic carbocycles. The van der Waals surface area contributed by atoms with E-state index in [1.54, 1.807) is 27.7 Å². The zero-order valence-corrected chi connectivity index (χ0v) is 37.7. The molecule has 2 N–H and O–H groups in total. The third kappa shape index (κ3) is 20.5. The maximum Gasteiger partial charge on any atom is 0.329 e. The van der Waals surface area contributed by atoms with Gasteiger partial charge >= 0.3 is 11.9 Å². The first-order chi connectivity index (χ1) is 29.5. The van der Waals surface area contributed by atoms with Gasteiger partial charge in [-0.05, 0) is 81.7 Å². The Bertz CT molecular complexity index is 1840. The molecular weight excluding hydrogens is 789 g/mol. The number of Topliss-reactive ketones (excluding diaryl/α,β-unsaturated/α-hetero) is 2. The molecule has 0 radical (unpaired) electrons. The van der Waals surface area contributed by atoms with Gasteiger partial charge in [0.1, 0.15) is 36.4 Å². The van der Waals surface area contributed by atoms with Crippen molar-refractivity contribution in [2.45, 2.75) is 137 Å². The van der Waals surface area contributed by atoms with Crippen LogP contribution in [0.5, 0.6) is 5.75 Å². The summed E-state index contributed by atoms with van der Waals surface area (Å²) >= 11 is 0. The van der Waals surface area contributed by atoms with Crippen molar-refractivity contribution in [3.05, 3.63) is 102 Å². The summed E-state index contributed by atoms with van der Waals surface area (Å²) in [6.07, 6.45) is 3.15. The third-order valence-corrected chi connectivity index (χ3v) is 10.1. The van der Waals surface area contributed by atoms with Crippen LogP contribution in [0.4, 0.5) is 0 Å². The van der Waals surface area contributed by atoms with E-state index in [0.29, 0.717) is 64.1 Å². The lowest BCUT2D eigenvalue weighted by atomic mass is 9.94. The number of amides is 2. The van der Waals surface area contributed by atoms with Crippen LogP contribution in [0.2, 0.25) is 0 Å². The molecule has 338 valence electrons. The molecule has 3 rings (SSSR count). The van der Waals surface area contributed by atoms with Crippen molar-refractivity contribution in [1.82, 2.24) is 10.6 Å². The van der Waals surface area contributed by atoms with E-state index in [4.69, 9.17) is 18.9 Å². The fourth-order valence-corrected chi connectivity index (χ4v) is 6.35. The number of hydrogen-bond acceptors (Lipinski definition) is 10. The number of esters is 2. The highest BCUT2D eigenvalue weighted by atomic mass is 16.6. The first-order valence-corrected chi connectivity index (χ1v) is 21.9. The van der Waals surface area contributed by atoms with Crippen LogP contribution in [0.25, 0.3) is 0 Å². The van der Waals surface area contributed by atoms with Gasteiger partial charge in [0.25, 0.3) is 0 Å². The molecule has 0 saturated heterocycles. The first kappa shape index (κ1) is 51.0. The third-order valence-electron chi connectivity index (χ3n) is 10.1. The summed E-state index contributed by atoms with van der Waals surface area (Å²) in [5.41, 5.74) is 2.07. The van der Waals surface area contributed by atoms with Gasteiger partial charge in [-0.3, -0.25) is 24.0 Å². The topological polar surface area (TPSA) is 163 Å². The summed E-state index contributed by atoms with van der Waals surface area (Å²) in [6.45, 7) is 13.7. The second kappa shape index (κ2) is 26.9. The number of unbranched alkanes of at least 4 members (excludes halogenated alkanes) is 2. The van der Waals surface area contributed by atoms with Gasteiger partial charge in [0.05, 0.1) is 6.04 Å². The van der Waals surface area contributed by atoms with Crippen molar-refractivity contribution >= 4 is 35.3 Å². The van der Waals surface area contributed by atoms with Crippen molar-refractivity contribution in [3.63, 3.8) is 0 Å². The molecule has 0 spiro atoms. The summed E-state index contributed by atoms with van der Waals surface area (Å²) in [6, 6.07) is 24.4. The largest absolute Gasteiger partial charge is 0.489 e. The monoisotopic (exact) mass is 856 g/mol. The Kier molecular flexibility index (Phi) is 22.1. The molecule has 0 bridgehead atoms. The van der Waals surface area contributed by atoms with E-state index in [0.717, 1.165) is 16.7 Å². The van der Waals surface area contributed by atoms with Crippen molar-refractivity contribution in [3.8, 4) is 5.75 Å². The summed E-state index contributed by atoms with van der Waals surface area (Å²) in [5.74, 6) is -3.22. The average Bonchev–Trinajstić information content (AvgIpc) is 3.23. The molecule has 0 aliphatic carbocycles. The average molecular weight is 857 g/mol. The van der Waals surface area contributed by atoms with E-state index in [2.05, 4.69) is 10.6 Å².